The van der Waals surface area contributed by atoms with Crippen LogP contribution in [0.25, 0.3) is 0 Å². The molecule has 2 rings (SSSR count). The number of carboxylic acid groups (broad SMARTS) is 1. The van der Waals surface area contributed by atoms with Gasteiger partial charge in [-0.3, -0.25) is 9.59 Å². The van der Waals surface area contributed by atoms with E-state index in [-0.39, 0.29) is 23.6 Å². The van der Waals surface area contributed by atoms with Gasteiger partial charge in [0, 0.05) is 12.3 Å². The number of hydrogen-bond donors (Lipinski definition) is 3. The van der Waals surface area contributed by atoms with E-state index in [0.717, 1.165) is 6.21 Å². The van der Waals surface area contributed by atoms with E-state index in [0.29, 0.717) is 0 Å². The van der Waals surface area contributed by atoms with Crippen molar-refractivity contribution in [3.8, 4) is 0 Å². The van der Waals surface area contributed by atoms with Crippen molar-refractivity contribution in [1.29, 1.82) is 0 Å². The first-order valence-corrected chi connectivity index (χ1v) is 5.66. The minimum atomic E-state index is -1.31. The van der Waals surface area contributed by atoms with Gasteiger partial charge in [-0.25, -0.2) is 0 Å². The molecule has 4 N–H and O–H groups in total. The molecule has 0 aliphatic carbocycles. The molecule has 0 aromatic carbocycles. The molecule has 16 heavy (non-hydrogen) atoms. The first-order chi connectivity index (χ1) is 7.52. The summed E-state index contributed by atoms with van der Waals surface area (Å²) in [5, 5.41) is 20.3. The molecule has 2 unspecified atom stereocenters. The van der Waals surface area contributed by atoms with Crippen molar-refractivity contribution in [3.05, 3.63) is 0 Å². The van der Waals surface area contributed by atoms with Crippen LogP contribution in [0, 0.1) is 5.41 Å². The largest absolute Gasteiger partial charge is 0.480 e. The highest BCUT2D eigenvalue weighted by molar-refractivity contribution is 8.00. The Bertz CT molecular complexity index is 374. The molecule has 3 atom stereocenters. The van der Waals surface area contributed by atoms with Crippen molar-refractivity contribution in [2.75, 3.05) is 12.3 Å². The first kappa shape index (κ1) is 11.2. The molecule has 8 heteroatoms. The van der Waals surface area contributed by atoms with E-state index >= 15 is 0 Å². The molecule has 88 valence electrons. The van der Waals surface area contributed by atoms with Crippen molar-refractivity contribution >= 4 is 29.9 Å². The molecule has 7 nitrogen and oxygen atoms in total. The summed E-state index contributed by atoms with van der Waals surface area (Å²) in [6.07, 6.45) is 0.968. The lowest BCUT2D eigenvalue weighted by Crippen LogP contribution is -2.72. The van der Waals surface area contributed by atoms with Crippen LogP contribution in [0.2, 0.25) is 0 Å². The lowest BCUT2D eigenvalue weighted by molar-refractivity contribution is -0.152. The molecule has 2 aliphatic rings. The maximum atomic E-state index is 11.4. The van der Waals surface area contributed by atoms with Crippen LogP contribution < -0.4 is 5.73 Å². The molecule has 2 aliphatic heterocycles. The van der Waals surface area contributed by atoms with Gasteiger partial charge < -0.3 is 20.9 Å². The number of oxime groups is 1. The number of carbonyl (C=O) groups excluding carboxylic acids is 1. The summed E-state index contributed by atoms with van der Waals surface area (Å²) in [6, 6.07) is -0.539. The Morgan fingerprint density at radius 2 is 2.44 bits per heavy atom. The van der Waals surface area contributed by atoms with Gasteiger partial charge in [-0.15, -0.1) is 16.9 Å². The third-order valence-electron chi connectivity index (χ3n) is 2.88. The van der Waals surface area contributed by atoms with E-state index in [2.05, 4.69) is 5.16 Å². The third-order valence-corrected chi connectivity index (χ3v) is 4.45. The second kappa shape index (κ2) is 3.63. The number of aliphatic carboxylic acids is 1. The Labute approximate surface area is 95.3 Å². The summed E-state index contributed by atoms with van der Waals surface area (Å²) in [7, 11) is 0. The SMILES string of the molecule is NC1C(=O)N2CC(C=NO)(C(=O)O)CS[C@H]12. The van der Waals surface area contributed by atoms with Gasteiger partial charge in [0.2, 0.25) is 5.91 Å². The van der Waals surface area contributed by atoms with E-state index in [9.17, 15) is 9.59 Å². The number of nitrogens with zero attached hydrogens (tertiary/aromatic N) is 2. The maximum Gasteiger partial charge on any atom is 0.317 e. The molecule has 2 fully saturated rings. The Kier molecular flexibility index (Phi) is 2.55. The van der Waals surface area contributed by atoms with Gasteiger partial charge in [0.1, 0.15) is 16.8 Å². The average Bonchev–Trinajstić information content (AvgIpc) is 2.28. The molecule has 0 saturated carbocycles. The lowest BCUT2D eigenvalue weighted by atomic mass is 9.89. The summed E-state index contributed by atoms with van der Waals surface area (Å²) < 4.78 is 0. The Balaban J connectivity index is 2.20. The van der Waals surface area contributed by atoms with Crippen LogP contribution in [0.1, 0.15) is 0 Å². The zero-order valence-corrected chi connectivity index (χ0v) is 9.05. The van der Waals surface area contributed by atoms with Crippen LogP contribution in [-0.4, -0.2) is 57.0 Å². The maximum absolute atomic E-state index is 11.4. The minimum Gasteiger partial charge on any atom is -0.480 e. The van der Waals surface area contributed by atoms with Gasteiger partial charge in [-0.1, -0.05) is 0 Å². The molecule has 0 spiro atoms. The molecule has 1 amide bonds. The lowest BCUT2D eigenvalue weighted by Gasteiger charge is -2.51. The summed E-state index contributed by atoms with van der Waals surface area (Å²) in [5.74, 6) is -1.12. The number of β-lactam (4-membered cyclic amide) rings is 1. The molecule has 0 aromatic heterocycles. The van der Waals surface area contributed by atoms with Crippen molar-refractivity contribution in [2.45, 2.75) is 11.4 Å². The molecule has 0 radical (unpaired) electrons. The zero-order chi connectivity index (χ0) is 11.9. The van der Waals surface area contributed by atoms with Crippen LogP contribution >= 0.6 is 11.8 Å². The minimum absolute atomic E-state index is 0.0105. The molecular weight excluding hydrogens is 234 g/mol. The predicted octanol–water partition coefficient (Wildman–Crippen LogP) is -1.24. The van der Waals surface area contributed by atoms with Crippen molar-refractivity contribution in [1.82, 2.24) is 4.90 Å². The molecule has 0 bridgehead atoms. The van der Waals surface area contributed by atoms with Crippen molar-refractivity contribution < 1.29 is 19.9 Å². The number of fused-ring (bicyclic) bond motifs is 1. The Morgan fingerprint density at radius 3 is 3.00 bits per heavy atom. The number of carboxylic acids is 1. The molecule has 0 aromatic rings. The number of carbonyl (C=O) groups is 2. The molecule has 2 heterocycles. The quantitative estimate of drug-likeness (QED) is 0.242. The number of thioether (sulfide) groups is 1. The highest BCUT2D eigenvalue weighted by atomic mass is 32.2. The van der Waals surface area contributed by atoms with Crippen molar-refractivity contribution in [3.63, 3.8) is 0 Å². The van der Waals surface area contributed by atoms with Gasteiger partial charge in [0.15, 0.2) is 0 Å². The van der Waals surface area contributed by atoms with Crippen LogP contribution in [0.3, 0.4) is 0 Å². The number of rotatable bonds is 2. The molecule has 2 saturated heterocycles. The van der Waals surface area contributed by atoms with Crippen LogP contribution in [-0.2, 0) is 9.59 Å². The summed E-state index contributed by atoms with van der Waals surface area (Å²) in [4.78, 5) is 24.0. The van der Waals surface area contributed by atoms with Crippen LogP contribution in [0.5, 0.6) is 0 Å². The first-order valence-electron chi connectivity index (χ1n) is 4.61. The Hall–Kier alpha value is -1.28. The number of nitrogens with two attached hydrogens (primary N) is 1. The summed E-state index contributed by atoms with van der Waals surface area (Å²) in [5.41, 5.74) is 4.26. The van der Waals surface area contributed by atoms with E-state index in [4.69, 9.17) is 16.0 Å². The highest BCUT2D eigenvalue weighted by Gasteiger charge is 2.55. The van der Waals surface area contributed by atoms with E-state index in [1.165, 1.54) is 16.7 Å². The summed E-state index contributed by atoms with van der Waals surface area (Å²) in [6.45, 7) is 0.0105. The predicted molar refractivity (Wildman–Crippen MR) is 56.3 cm³/mol. The number of amides is 1. The zero-order valence-electron chi connectivity index (χ0n) is 8.24. The van der Waals surface area contributed by atoms with Gasteiger partial charge in [0.25, 0.3) is 0 Å². The summed E-state index contributed by atoms with van der Waals surface area (Å²) >= 11 is 1.30. The fraction of sp³-hybridized carbons (Fsp3) is 0.625. The second-order valence-corrected chi connectivity index (χ2v) is 5.00. The van der Waals surface area contributed by atoms with E-state index in [1.807, 2.05) is 0 Å². The Morgan fingerprint density at radius 1 is 1.75 bits per heavy atom. The monoisotopic (exact) mass is 245 g/mol. The smallest absolute Gasteiger partial charge is 0.317 e. The third kappa shape index (κ3) is 1.37. The standard InChI is InChI=1S/C8H11N3O4S/c9-4-5(12)11-2-8(1-10-15,7(13)14)3-16-6(4)11/h1,4,6,15H,2-3,9H2,(H,13,14)/t4?,6-,8?/m1/s1. The highest BCUT2D eigenvalue weighted by Crippen LogP contribution is 2.40. The van der Waals surface area contributed by atoms with Gasteiger partial charge in [0.05, 0.1) is 6.21 Å². The van der Waals surface area contributed by atoms with E-state index < -0.39 is 17.4 Å². The van der Waals surface area contributed by atoms with E-state index in [1.54, 1.807) is 0 Å². The van der Waals surface area contributed by atoms with Crippen molar-refractivity contribution in [2.24, 2.45) is 16.3 Å². The van der Waals surface area contributed by atoms with Crippen LogP contribution in [0.4, 0.5) is 0 Å². The fourth-order valence-corrected chi connectivity index (χ4v) is 3.31. The normalized spacial score (nSPS) is 38.3. The van der Waals surface area contributed by atoms with Gasteiger partial charge >= 0.3 is 5.97 Å². The van der Waals surface area contributed by atoms with Gasteiger partial charge in [-0.05, 0) is 0 Å². The van der Waals surface area contributed by atoms with Crippen LogP contribution in [0.15, 0.2) is 5.16 Å². The fourth-order valence-electron chi connectivity index (χ4n) is 1.87. The second-order valence-electron chi connectivity index (χ2n) is 3.90. The topological polar surface area (TPSA) is 116 Å². The van der Waals surface area contributed by atoms with Gasteiger partial charge in [-0.2, -0.15) is 0 Å². The average molecular weight is 245 g/mol. The molecular formula is C8H11N3O4S. The number of hydrogen-bond acceptors (Lipinski definition) is 6.